The van der Waals surface area contributed by atoms with Gasteiger partial charge < -0.3 is 14.8 Å². The molecule has 2 aliphatic rings. The maximum absolute atomic E-state index is 12.9. The van der Waals surface area contributed by atoms with Crippen molar-refractivity contribution in [3.05, 3.63) is 48.5 Å². The highest BCUT2D eigenvalue weighted by atomic mass is 32.2. The van der Waals surface area contributed by atoms with Gasteiger partial charge in [-0.15, -0.1) is 11.8 Å². The Morgan fingerprint density at radius 1 is 0.895 bits per heavy atom. The summed E-state index contributed by atoms with van der Waals surface area (Å²) < 4.78 is 65.0. The van der Waals surface area contributed by atoms with Crippen molar-refractivity contribution >= 4 is 37.7 Å². The van der Waals surface area contributed by atoms with E-state index in [0.717, 1.165) is 4.90 Å². The second-order valence-electron chi connectivity index (χ2n) is 8.98. The molecule has 2 aliphatic heterocycles. The van der Waals surface area contributed by atoms with Crippen molar-refractivity contribution in [2.45, 2.75) is 27.5 Å². The Kier molecular flexibility index (Phi) is 9.71. The fourth-order valence-corrected chi connectivity index (χ4v) is 7.67. The molecule has 13 heteroatoms. The van der Waals surface area contributed by atoms with Crippen LogP contribution in [0, 0.1) is 5.92 Å². The predicted molar refractivity (Wildman–Crippen MR) is 144 cm³/mol. The standard InChI is InChI=1S/C25H33N3O7S3/c1-36-22-4-8-24(9-5-22)37(30,31)27-13-10-20(11-14-27)25(29)26-12-17-35-21-2-6-23(7-3-21)38(32,33)28-15-18-34-19-16-28/h2-9,20H,10-19H2,1H3,(H,26,29). The number of carbonyl (C=O) groups excluding carboxylic acids is 1. The summed E-state index contributed by atoms with van der Waals surface area (Å²) in [7, 11) is -7.14. The van der Waals surface area contributed by atoms with Crippen molar-refractivity contribution in [2.75, 3.05) is 58.8 Å². The second kappa shape index (κ2) is 12.8. The average Bonchev–Trinajstić information content (AvgIpc) is 2.96. The molecule has 0 unspecified atom stereocenters. The number of hydrogen-bond acceptors (Lipinski definition) is 8. The van der Waals surface area contributed by atoms with Crippen LogP contribution in [-0.2, 0) is 29.6 Å². The summed E-state index contributed by atoms with van der Waals surface area (Å²) >= 11 is 1.55. The smallest absolute Gasteiger partial charge is 0.243 e. The van der Waals surface area contributed by atoms with Crippen molar-refractivity contribution in [2.24, 2.45) is 5.92 Å². The normalized spacial score (nSPS) is 18.2. The first-order chi connectivity index (χ1) is 18.2. The van der Waals surface area contributed by atoms with Crippen LogP contribution in [0.3, 0.4) is 0 Å². The number of amides is 1. The molecular weight excluding hydrogens is 550 g/mol. The first-order valence-corrected chi connectivity index (χ1v) is 16.5. The Hall–Kier alpha value is -2.16. The molecule has 1 N–H and O–H groups in total. The number of carbonyl (C=O) groups is 1. The van der Waals surface area contributed by atoms with Gasteiger partial charge in [-0.05, 0) is 67.6 Å². The topological polar surface area (TPSA) is 122 Å². The zero-order chi connectivity index (χ0) is 27.2. The number of hydrogen-bond donors (Lipinski definition) is 1. The number of piperidine rings is 1. The van der Waals surface area contributed by atoms with Crippen LogP contribution in [0.4, 0.5) is 0 Å². The van der Waals surface area contributed by atoms with Gasteiger partial charge in [0.15, 0.2) is 0 Å². The minimum Gasteiger partial charge on any atom is -0.492 e. The van der Waals surface area contributed by atoms with Crippen LogP contribution in [0.1, 0.15) is 12.8 Å². The van der Waals surface area contributed by atoms with Gasteiger partial charge in [-0.1, -0.05) is 0 Å². The van der Waals surface area contributed by atoms with Crippen LogP contribution >= 0.6 is 11.8 Å². The molecular formula is C25H33N3O7S3. The average molecular weight is 584 g/mol. The Bertz CT molecular complexity index is 1290. The third-order valence-electron chi connectivity index (χ3n) is 6.62. The molecule has 2 heterocycles. The van der Waals surface area contributed by atoms with Gasteiger partial charge in [-0.2, -0.15) is 8.61 Å². The molecule has 10 nitrogen and oxygen atoms in total. The Labute approximate surface area is 228 Å². The Morgan fingerprint density at radius 2 is 1.42 bits per heavy atom. The van der Waals surface area contributed by atoms with E-state index in [1.54, 1.807) is 48.2 Å². The van der Waals surface area contributed by atoms with E-state index in [2.05, 4.69) is 5.32 Å². The van der Waals surface area contributed by atoms with Crippen LogP contribution in [-0.4, -0.2) is 90.2 Å². The number of sulfonamides is 2. The van der Waals surface area contributed by atoms with Crippen molar-refractivity contribution in [1.29, 1.82) is 0 Å². The van der Waals surface area contributed by atoms with Gasteiger partial charge in [0.05, 0.1) is 29.5 Å². The molecule has 0 saturated carbocycles. The first kappa shape index (κ1) is 28.8. The molecule has 0 radical (unpaired) electrons. The van der Waals surface area contributed by atoms with Crippen LogP contribution in [0.25, 0.3) is 0 Å². The summed E-state index contributed by atoms with van der Waals surface area (Å²) in [4.78, 5) is 14.1. The van der Waals surface area contributed by atoms with Crippen molar-refractivity contribution < 1.29 is 31.1 Å². The van der Waals surface area contributed by atoms with E-state index in [9.17, 15) is 21.6 Å². The quantitative estimate of drug-likeness (QED) is 0.333. The van der Waals surface area contributed by atoms with Crippen LogP contribution in [0.2, 0.25) is 0 Å². The largest absolute Gasteiger partial charge is 0.492 e. The second-order valence-corrected chi connectivity index (χ2v) is 13.7. The summed E-state index contributed by atoms with van der Waals surface area (Å²) in [5.74, 6) is 0.121. The lowest BCUT2D eigenvalue weighted by Crippen LogP contribution is -2.43. The lowest BCUT2D eigenvalue weighted by atomic mass is 9.97. The van der Waals surface area contributed by atoms with E-state index in [0.29, 0.717) is 58.0 Å². The lowest BCUT2D eigenvalue weighted by Gasteiger charge is -2.30. The molecule has 4 rings (SSSR count). The highest BCUT2D eigenvalue weighted by Crippen LogP contribution is 2.26. The van der Waals surface area contributed by atoms with Crippen LogP contribution in [0.15, 0.2) is 63.2 Å². The van der Waals surface area contributed by atoms with E-state index >= 15 is 0 Å². The molecule has 0 aromatic heterocycles. The molecule has 2 aromatic rings. The zero-order valence-electron chi connectivity index (χ0n) is 21.2. The molecule has 0 atom stereocenters. The molecule has 2 fully saturated rings. The highest BCUT2D eigenvalue weighted by Gasteiger charge is 2.32. The molecule has 208 valence electrons. The van der Waals surface area contributed by atoms with Crippen molar-refractivity contribution in [3.8, 4) is 5.75 Å². The van der Waals surface area contributed by atoms with E-state index < -0.39 is 20.0 Å². The SMILES string of the molecule is CSc1ccc(S(=O)(=O)N2CCC(C(=O)NCCOc3ccc(S(=O)(=O)N4CCOCC4)cc3)CC2)cc1. The van der Waals surface area contributed by atoms with Gasteiger partial charge in [0.25, 0.3) is 0 Å². The molecule has 0 spiro atoms. The summed E-state index contributed by atoms with van der Waals surface area (Å²) in [5, 5.41) is 2.85. The number of benzene rings is 2. The first-order valence-electron chi connectivity index (χ1n) is 12.4. The predicted octanol–water partition coefficient (Wildman–Crippen LogP) is 2.03. The van der Waals surface area contributed by atoms with E-state index in [1.165, 1.54) is 20.7 Å². The molecule has 0 aliphatic carbocycles. The van der Waals surface area contributed by atoms with Crippen LogP contribution < -0.4 is 10.1 Å². The lowest BCUT2D eigenvalue weighted by molar-refractivity contribution is -0.126. The number of nitrogens with one attached hydrogen (secondary N) is 1. The number of rotatable bonds is 10. The van der Waals surface area contributed by atoms with Gasteiger partial charge in [0, 0.05) is 37.0 Å². The van der Waals surface area contributed by atoms with Gasteiger partial charge in [-0.3, -0.25) is 4.79 Å². The molecule has 38 heavy (non-hydrogen) atoms. The molecule has 2 aromatic carbocycles. The van der Waals surface area contributed by atoms with Gasteiger partial charge in [0.1, 0.15) is 12.4 Å². The summed E-state index contributed by atoms with van der Waals surface area (Å²) in [5.41, 5.74) is 0. The van der Waals surface area contributed by atoms with E-state index in [-0.39, 0.29) is 34.8 Å². The third-order valence-corrected chi connectivity index (χ3v) is 11.2. The van der Waals surface area contributed by atoms with E-state index in [1.807, 2.05) is 6.26 Å². The Morgan fingerprint density at radius 3 is 1.97 bits per heavy atom. The maximum Gasteiger partial charge on any atom is 0.243 e. The minimum atomic E-state index is -3.58. The molecule has 2 saturated heterocycles. The fraction of sp³-hybridized carbons (Fsp3) is 0.480. The molecule has 0 bridgehead atoms. The number of thioether (sulfide) groups is 1. The zero-order valence-corrected chi connectivity index (χ0v) is 23.7. The fourth-order valence-electron chi connectivity index (χ4n) is 4.39. The third kappa shape index (κ3) is 6.88. The molecule has 1 amide bonds. The minimum absolute atomic E-state index is 0.123. The van der Waals surface area contributed by atoms with Gasteiger partial charge >= 0.3 is 0 Å². The van der Waals surface area contributed by atoms with Crippen molar-refractivity contribution in [3.63, 3.8) is 0 Å². The van der Waals surface area contributed by atoms with Gasteiger partial charge in [-0.25, -0.2) is 16.8 Å². The van der Waals surface area contributed by atoms with Gasteiger partial charge in [0.2, 0.25) is 26.0 Å². The summed E-state index contributed by atoms with van der Waals surface area (Å²) in [6.45, 7) is 2.53. The summed E-state index contributed by atoms with van der Waals surface area (Å²) in [6.07, 6.45) is 2.84. The number of ether oxygens (including phenoxy) is 2. The highest BCUT2D eigenvalue weighted by molar-refractivity contribution is 7.98. The van der Waals surface area contributed by atoms with E-state index in [4.69, 9.17) is 9.47 Å². The van der Waals surface area contributed by atoms with Crippen LogP contribution in [0.5, 0.6) is 5.75 Å². The maximum atomic E-state index is 12.9. The number of morpholine rings is 1. The number of nitrogens with zero attached hydrogens (tertiary/aromatic N) is 2. The van der Waals surface area contributed by atoms with Crippen molar-refractivity contribution in [1.82, 2.24) is 13.9 Å². The monoisotopic (exact) mass is 583 g/mol. The Balaban J connectivity index is 1.19. The summed E-state index contributed by atoms with van der Waals surface area (Å²) in [6, 6.07) is 13.0.